The van der Waals surface area contributed by atoms with E-state index in [0.29, 0.717) is 32.0 Å². The maximum atomic E-state index is 12.7. The highest BCUT2D eigenvalue weighted by atomic mass is 35.5. The predicted octanol–water partition coefficient (Wildman–Crippen LogP) is 3.38. The highest BCUT2D eigenvalue weighted by molar-refractivity contribution is 7.99. The van der Waals surface area contributed by atoms with Crippen LogP contribution in [0.2, 0.25) is 5.02 Å². The van der Waals surface area contributed by atoms with Gasteiger partial charge in [0, 0.05) is 25.8 Å². The second-order valence-electron chi connectivity index (χ2n) is 6.79. The van der Waals surface area contributed by atoms with Crippen molar-refractivity contribution in [2.75, 3.05) is 36.2 Å². The Balaban J connectivity index is 1.48. The number of aromatic nitrogens is 3. The Bertz CT molecular complexity index is 1160. The van der Waals surface area contributed by atoms with Crippen molar-refractivity contribution < 1.29 is 9.53 Å². The van der Waals surface area contributed by atoms with E-state index in [1.807, 2.05) is 0 Å². The van der Waals surface area contributed by atoms with E-state index in [-0.39, 0.29) is 17.2 Å². The number of rotatable bonds is 6. The quantitative estimate of drug-likeness (QED) is 0.441. The summed E-state index contributed by atoms with van der Waals surface area (Å²) >= 11 is 8.66. The molecular formula is C19H20ClN5O3S2. The number of ether oxygens (including phenoxy) is 1. The average molecular weight is 466 g/mol. The number of thioether (sulfide) groups is 1. The van der Waals surface area contributed by atoms with Gasteiger partial charge in [0.1, 0.15) is 10.4 Å². The van der Waals surface area contributed by atoms with Gasteiger partial charge in [0.25, 0.3) is 5.56 Å². The zero-order chi connectivity index (χ0) is 21.3. The molecule has 11 heteroatoms. The van der Waals surface area contributed by atoms with Crippen LogP contribution in [0.15, 0.2) is 28.2 Å². The fourth-order valence-electron chi connectivity index (χ4n) is 3.17. The largest absolute Gasteiger partial charge is 0.495 e. The summed E-state index contributed by atoms with van der Waals surface area (Å²) < 4.78 is 7.12. The van der Waals surface area contributed by atoms with Crippen LogP contribution in [0.5, 0.6) is 5.75 Å². The number of amides is 1. The standard InChI is InChI=1S/C19H20ClN5O3S2/c1-24-17(27)15-16(23-19(30-15)25-7-3-4-8-25)22-18(24)29-10-14(26)21-11-5-6-13(28-2)12(20)9-11/h5-6,9H,3-4,7-8,10H2,1-2H3,(H,21,26). The van der Waals surface area contributed by atoms with Crippen molar-refractivity contribution in [2.24, 2.45) is 7.05 Å². The third kappa shape index (κ3) is 4.26. The molecule has 0 aliphatic carbocycles. The van der Waals surface area contributed by atoms with Crippen molar-refractivity contribution in [2.45, 2.75) is 18.0 Å². The third-order valence-electron chi connectivity index (χ3n) is 4.73. The van der Waals surface area contributed by atoms with Gasteiger partial charge in [-0.1, -0.05) is 34.7 Å². The first-order chi connectivity index (χ1) is 14.5. The Labute approximate surface area is 186 Å². The van der Waals surface area contributed by atoms with Gasteiger partial charge in [0.05, 0.1) is 17.9 Å². The van der Waals surface area contributed by atoms with Crippen LogP contribution in [0.3, 0.4) is 0 Å². The molecule has 1 aliphatic rings. The average Bonchev–Trinajstić information content (AvgIpc) is 3.39. The molecule has 1 aliphatic heterocycles. The summed E-state index contributed by atoms with van der Waals surface area (Å²) in [5.41, 5.74) is 0.862. The highest BCUT2D eigenvalue weighted by Crippen LogP contribution is 2.30. The molecule has 0 unspecified atom stereocenters. The molecule has 0 saturated carbocycles. The summed E-state index contributed by atoms with van der Waals surface area (Å²) in [5.74, 6) is 0.401. The lowest BCUT2D eigenvalue weighted by Gasteiger charge is -2.11. The molecule has 1 N–H and O–H groups in total. The Hall–Kier alpha value is -2.30. The van der Waals surface area contributed by atoms with Crippen LogP contribution in [0.4, 0.5) is 10.8 Å². The lowest BCUT2D eigenvalue weighted by molar-refractivity contribution is -0.113. The zero-order valence-electron chi connectivity index (χ0n) is 16.5. The van der Waals surface area contributed by atoms with E-state index < -0.39 is 0 Å². The van der Waals surface area contributed by atoms with Gasteiger partial charge in [-0.15, -0.1) is 0 Å². The Kier molecular flexibility index (Phi) is 6.16. The van der Waals surface area contributed by atoms with Crippen molar-refractivity contribution in [1.29, 1.82) is 0 Å². The number of nitrogens with zero attached hydrogens (tertiary/aromatic N) is 4. The van der Waals surface area contributed by atoms with Crippen LogP contribution in [0.1, 0.15) is 12.8 Å². The van der Waals surface area contributed by atoms with Crippen molar-refractivity contribution in [3.63, 3.8) is 0 Å². The van der Waals surface area contributed by atoms with Gasteiger partial charge in [0.15, 0.2) is 15.9 Å². The topological polar surface area (TPSA) is 89.3 Å². The number of hydrogen-bond donors (Lipinski definition) is 1. The predicted molar refractivity (Wildman–Crippen MR) is 121 cm³/mol. The SMILES string of the molecule is COc1ccc(NC(=O)CSc2nc3nc(N4CCCC4)sc3c(=O)n2C)cc1Cl. The molecule has 1 saturated heterocycles. The number of carbonyl (C=O) groups excluding carboxylic acids is 1. The van der Waals surface area contributed by atoms with E-state index in [2.05, 4.69) is 20.2 Å². The van der Waals surface area contributed by atoms with E-state index in [0.717, 1.165) is 31.1 Å². The van der Waals surface area contributed by atoms with Crippen LogP contribution in [0.25, 0.3) is 10.3 Å². The molecule has 1 fully saturated rings. The number of fused-ring (bicyclic) bond motifs is 1. The number of hydrogen-bond acceptors (Lipinski definition) is 8. The minimum absolute atomic E-state index is 0.0958. The molecule has 2 aromatic heterocycles. The molecule has 0 atom stereocenters. The molecule has 158 valence electrons. The molecule has 0 bridgehead atoms. The fraction of sp³-hybridized carbons (Fsp3) is 0.368. The van der Waals surface area contributed by atoms with Crippen molar-refractivity contribution in [3.05, 3.63) is 33.6 Å². The van der Waals surface area contributed by atoms with E-state index in [1.54, 1.807) is 25.2 Å². The molecule has 8 nitrogen and oxygen atoms in total. The Morgan fingerprint density at radius 3 is 2.80 bits per heavy atom. The maximum absolute atomic E-state index is 12.7. The van der Waals surface area contributed by atoms with Gasteiger partial charge in [-0.3, -0.25) is 14.2 Å². The number of thiazole rings is 1. The van der Waals surface area contributed by atoms with Crippen LogP contribution in [0, 0.1) is 0 Å². The number of carbonyl (C=O) groups is 1. The number of halogens is 1. The van der Waals surface area contributed by atoms with E-state index in [4.69, 9.17) is 16.3 Å². The molecule has 1 amide bonds. The van der Waals surface area contributed by atoms with Gasteiger partial charge in [-0.2, -0.15) is 4.98 Å². The zero-order valence-corrected chi connectivity index (χ0v) is 18.9. The second-order valence-corrected chi connectivity index (χ2v) is 9.12. The molecule has 30 heavy (non-hydrogen) atoms. The Morgan fingerprint density at radius 2 is 2.10 bits per heavy atom. The van der Waals surface area contributed by atoms with Crippen LogP contribution in [-0.2, 0) is 11.8 Å². The smallest absolute Gasteiger partial charge is 0.273 e. The van der Waals surface area contributed by atoms with E-state index >= 15 is 0 Å². The monoisotopic (exact) mass is 465 g/mol. The van der Waals surface area contributed by atoms with Gasteiger partial charge in [-0.25, -0.2) is 4.98 Å². The lowest BCUT2D eigenvalue weighted by atomic mass is 10.3. The molecule has 4 rings (SSSR count). The summed E-state index contributed by atoms with van der Waals surface area (Å²) in [6, 6.07) is 5.02. The lowest BCUT2D eigenvalue weighted by Crippen LogP contribution is -2.20. The summed E-state index contributed by atoms with van der Waals surface area (Å²) in [6.45, 7) is 1.91. The summed E-state index contributed by atoms with van der Waals surface area (Å²) in [4.78, 5) is 36.4. The van der Waals surface area contributed by atoms with Crippen LogP contribution >= 0.6 is 34.7 Å². The number of benzene rings is 1. The summed E-state index contributed by atoms with van der Waals surface area (Å²) in [6.07, 6.45) is 2.27. The first kappa shape index (κ1) is 21.0. The molecular weight excluding hydrogens is 446 g/mol. The van der Waals surface area contributed by atoms with Crippen molar-refractivity contribution in [3.8, 4) is 5.75 Å². The minimum atomic E-state index is -0.230. The van der Waals surface area contributed by atoms with Gasteiger partial charge < -0.3 is 15.0 Å². The third-order valence-corrected chi connectivity index (χ3v) is 7.15. The van der Waals surface area contributed by atoms with E-state index in [1.165, 1.54) is 34.8 Å². The van der Waals surface area contributed by atoms with Crippen LogP contribution < -0.4 is 20.5 Å². The molecule has 0 radical (unpaired) electrons. The van der Waals surface area contributed by atoms with Crippen molar-refractivity contribution in [1.82, 2.24) is 14.5 Å². The highest BCUT2D eigenvalue weighted by Gasteiger charge is 2.20. The first-order valence-electron chi connectivity index (χ1n) is 9.35. The maximum Gasteiger partial charge on any atom is 0.273 e. The fourth-order valence-corrected chi connectivity index (χ4v) is 5.22. The van der Waals surface area contributed by atoms with Gasteiger partial charge >= 0.3 is 0 Å². The minimum Gasteiger partial charge on any atom is -0.495 e. The van der Waals surface area contributed by atoms with Crippen molar-refractivity contribution >= 4 is 61.8 Å². The number of nitrogens with one attached hydrogen (secondary N) is 1. The molecule has 1 aromatic carbocycles. The molecule has 0 spiro atoms. The van der Waals surface area contributed by atoms with Gasteiger partial charge in [-0.05, 0) is 31.0 Å². The second kappa shape index (κ2) is 8.83. The molecule has 3 aromatic rings. The first-order valence-corrected chi connectivity index (χ1v) is 11.5. The summed E-state index contributed by atoms with van der Waals surface area (Å²) in [5, 5.41) is 4.48. The normalized spacial score (nSPS) is 13.8. The van der Waals surface area contributed by atoms with E-state index in [9.17, 15) is 9.59 Å². The Morgan fingerprint density at radius 1 is 1.33 bits per heavy atom. The number of methoxy groups -OCH3 is 1. The summed E-state index contributed by atoms with van der Waals surface area (Å²) in [7, 11) is 3.19. The number of anilines is 2. The molecule has 3 heterocycles. The van der Waals surface area contributed by atoms with Gasteiger partial charge in [0.2, 0.25) is 5.91 Å². The van der Waals surface area contributed by atoms with Crippen LogP contribution in [-0.4, -0.2) is 46.4 Å².